The first-order valence-corrected chi connectivity index (χ1v) is 12.5. The molecule has 160 valence electrons. The van der Waals surface area contributed by atoms with E-state index in [-0.39, 0.29) is 29.3 Å². The lowest BCUT2D eigenvalue weighted by Gasteiger charge is -2.23. The lowest BCUT2D eigenvalue weighted by Crippen LogP contribution is -2.22. The fraction of sp³-hybridized carbons (Fsp3) is 0.810. The molecule has 2 saturated carbocycles. The first-order valence-electron chi connectivity index (χ1n) is 10.3. The largest absolute Gasteiger partial charge is 0.468 e. The number of methoxy groups -OCH3 is 1. The number of hydrogen-bond acceptors (Lipinski definition) is 7. The number of Topliss-reactive ketones (excluding diaryl/α,β-unsaturated/α-hetero) is 1. The maximum absolute atomic E-state index is 12.3. The van der Waals surface area contributed by atoms with Gasteiger partial charge < -0.3 is 14.9 Å². The summed E-state index contributed by atoms with van der Waals surface area (Å²) in [6.45, 7) is 0. The van der Waals surface area contributed by atoms with Crippen molar-refractivity contribution in [3.63, 3.8) is 0 Å². The zero-order chi connectivity index (χ0) is 20.4. The van der Waals surface area contributed by atoms with Crippen LogP contribution in [0.4, 0.5) is 0 Å². The number of esters is 1. The summed E-state index contributed by atoms with van der Waals surface area (Å²) in [7, 11) is 1.38. The average molecular weight is 431 g/mol. The van der Waals surface area contributed by atoms with Gasteiger partial charge in [0.1, 0.15) is 5.78 Å². The molecule has 0 spiro atoms. The van der Waals surface area contributed by atoms with Gasteiger partial charge in [-0.15, -0.1) is 11.8 Å². The molecule has 0 aromatic heterocycles. The Morgan fingerprint density at radius 3 is 2.75 bits per heavy atom. The lowest BCUT2D eigenvalue weighted by atomic mass is 9.85. The van der Waals surface area contributed by atoms with Gasteiger partial charge in [-0.3, -0.25) is 9.59 Å². The number of aliphatic hydroxyl groups excluding tert-OH is 2. The van der Waals surface area contributed by atoms with Crippen molar-refractivity contribution in [2.45, 2.75) is 68.8 Å². The number of hydrogen-bond donors (Lipinski definition) is 2. The minimum Gasteiger partial charge on any atom is -0.468 e. The van der Waals surface area contributed by atoms with Crippen molar-refractivity contribution < 1.29 is 24.5 Å². The minimum absolute atomic E-state index is 0.0936. The van der Waals surface area contributed by atoms with Crippen molar-refractivity contribution in [1.29, 1.82) is 0 Å². The predicted molar refractivity (Wildman–Crippen MR) is 116 cm³/mol. The predicted octanol–water partition coefficient (Wildman–Crippen LogP) is 3.22. The van der Waals surface area contributed by atoms with Crippen LogP contribution in [0.25, 0.3) is 0 Å². The Kier molecular flexibility index (Phi) is 11.0. The van der Waals surface area contributed by atoms with Crippen molar-refractivity contribution in [1.82, 2.24) is 0 Å². The van der Waals surface area contributed by atoms with Crippen LogP contribution in [0.2, 0.25) is 0 Å². The van der Waals surface area contributed by atoms with Crippen molar-refractivity contribution in [3.05, 3.63) is 12.2 Å². The standard InChI is InChI=1S/C21H34O5S2/c1-26-20(25)14-27-10-5-11-28-21-17(18(23)13-19(21)24)9-8-16(22)12-15-6-3-2-4-7-15/h8-9,15-18,21-23H,2-7,10-14H2,1H3/b9-8+/t16-,17+,18-,21-/m1/s1. The van der Waals surface area contributed by atoms with Gasteiger partial charge in [0.15, 0.2) is 0 Å². The van der Waals surface area contributed by atoms with E-state index in [1.165, 1.54) is 51.0 Å². The Labute approximate surface area is 177 Å². The summed E-state index contributed by atoms with van der Waals surface area (Å²) in [6.07, 6.45) is 10.6. The van der Waals surface area contributed by atoms with Gasteiger partial charge in [0.2, 0.25) is 0 Å². The van der Waals surface area contributed by atoms with Gasteiger partial charge >= 0.3 is 5.97 Å². The quantitative estimate of drug-likeness (QED) is 0.296. The summed E-state index contributed by atoms with van der Waals surface area (Å²) < 4.78 is 4.61. The van der Waals surface area contributed by atoms with Crippen LogP contribution in [0.15, 0.2) is 12.2 Å². The van der Waals surface area contributed by atoms with Crippen LogP contribution in [0, 0.1) is 11.8 Å². The maximum atomic E-state index is 12.3. The fourth-order valence-electron chi connectivity index (χ4n) is 3.99. The van der Waals surface area contributed by atoms with E-state index in [0.29, 0.717) is 11.7 Å². The summed E-state index contributed by atoms with van der Waals surface area (Å²) in [5.41, 5.74) is 0. The molecule has 2 aliphatic rings. The number of ketones is 1. The molecule has 0 saturated heterocycles. The van der Waals surface area contributed by atoms with E-state index in [0.717, 1.165) is 24.3 Å². The first kappa shape index (κ1) is 23.8. The Balaban J connectivity index is 1.74. The fourth-order valence-corrected chi connectivity index (χ4v) is 6.29. The van der Waals surface area contributed by atoms with Crippen LogP contribution >= 0.6 is 23.5 Å². The van der Waals surface area contributed by atoms with Gasteiger partial charge in [0.25, 0.3) is 0 Å². The molecular weight excluding hydrogens is 396 g/mol. The maximum Gasteiger partial charge on any atom is 0.315 e. The molecule has 2 N–H and O–H groups in total. The second-order valence-corrected chi connectivity index (χ2v) is 10.1. The summed E-state index contributed by atoms with van der Waals surface area (Å²) >= 11 is 3.12. The normalized spacial score (nSPS) is 27.4. The molecule has 0 heterocycles. The number of ether oxygens (including phenoxy) is 1. The third-order valence-electron chi connectivity index (χ3n) is 5.55. The summed E-state index contributed by atoms with van der Waals surface area (Å²) in [5.74, 6) is 2.25. The molecule has 0 aliphatic heterocycles. The molecule has 2 rings (SSSR count). The molecule has 28 heavy (non-hydrogen) atoms. The molecule has 7 heteroatoms. The second kappa shape index (κ2) is 12.9. The van der Waals surface area contributed by atoms with Gasteiger partial charge in [-0.25, -0.2) is 0 Å². The molecule has 0 bridgehead atoms. The highest BCUT2D eigenvalue weighted by atomic mass is 32.2. The number of rotatable bonds is 11. The van der Waals surface area contributed by atoms with Crippen molar-refractivity contribution >= 4 is 35.3 Å². The highest BCUT2D eigenvalue weighted by Gasteiger charge is 2.40. The Morgan fingerprint density at radius 1 is 1.29 bits per heavy atom. The zero-order valence-corrected chi connectivity index (χ0v) is 18.4. The van der Waals surface area contributed by atoms with Crippen LogP contribution in [-0.2, 0) is 14.3 Å². The molecule has 0 aromatic rings. The number of thioether (sulfide) groups is 2. The zero-order valence-electron chi connectivity index (χ0n) is 16.8. The molecule has 2 aliphatic carbocycles. The van der Waals surface area contributed by atoms with E-state index in [2.05, 4.69) is 4.74 Å². The Bertz CT molecular complexity index is 519. The van der Waals surface area contributed by atoms with Crippen LogP contribution < -0.4 is 0 Å². The van der Waals surface area contributed by atoms with Gasteiger partial charge in [0.05, 0.1) is 30.3 Å². The number of aliphatic hydroxyl groups is 2. The van der Waals surface area contributed by atoms with Gasteiger partial charge in [-0.1, -0.05) is 44.3 Å². The molecule has 0 aromatic carbocycles. The molecule has 0 amide bonds. The Morgan fingerprint density at radius 2 is 2.04 bits per heavy atom. The van der Waals surface area contributed by atoms with Crippen molar-refractivity contribution in [2.75, 3.05) is 24.4 Å². The highest BCUT2D eigenvalue weighted by molar-refractivity contribution is 8.01. The summed E-state index contributed by atoms with van der Waals surface area (Å²) in [4.78, 5) is 23.3. The van der Waals surface area contributed by atoms with E-state index in [4.69, 9.17) is 0 Å². The van der Waals surface area contributed by atoms with E-state index in [1.54, 1.807) is 17.8 Å². The van der Waals surface area contributed by atoms with Crippen LogP contribution in [0.5, 0.6) is 0 Å². The summed E-state index contributed by atoms with van der Waals surface area (Å²) in [6, 6.07) is 0. The van der Waals surface area contributed by atoms with E-state index < -0.39 is 12.2 Å². The van der Waals surface area contributed by atoms with Crippen molar-refractivity contribution in [2.24, 2.45) is 11.8 Å². The van der Waals surface area contributed by atoms with Gasteiger partial charge in [-0.2, -0.15) is 11.8 Å². The molecular formula is C21H34O5S2. The number of carbonyl (C=O) groups excluding carboxylic acids is 2. The number of carbonyl (C=O) groups is 2. The molecule has 2 fully saturated rings. The van der Waals surface area contributed by atoms with Crippen LogP contribution in [0.3, 0.4) is 0 Å². The Hall–Kier alpha value is -0.500. The van der Waals surface area contributed by atoms with E-state index >= 15 is 0 Å². The van der Waals surface area contributed by atoms with Gasteiger partial charge in [0, 0.05) is 12.3 Å². The van der Waals surface area contributed by atoms with Crippen LogP contribution in [0.1, 0.15) is 51.4 Å². The average Bonchev–Trinajstić information content (AvgIpc) is 2.96. The molecule has 5 nitrogen and oxygen atoms in total. The highest BCUT2D eigenvalue weighted by Crippen LogP contribution is 2.35. The molecule has 4 atom stereocenters. The first-order chi connectivity index (χ1) is 13.5. The molecule has 0 unspecified atom stereocenters. The lowest BCUT2D eigenvalue weighted by molar-refractivity contribution is -0.137. The smallest absolute Gasteiger partial charge is 0.315 e. The van der Waals surface area contributed by atoms with Crippen LogP contribution in [-0.4, -0.2) is 63.8 Å². The monoisotopic (exact) mass is 430 g/mol. The summed E-state index contributed by atoms with van der Waals surface area (Å²) in [5, 5.41) is 20.4. The van der Waals surface area contributed by atoms with E-state index in [9.17, 15) is 19.8 Å². The molecule has 0 radical (unpaired) electrons. The topological polar surface area (TPSA) is 83.8 Å². The van der Waals surface area contributed by atoms with Gasteiger partial charge in [-0.05, 0) is 30.3 Å². The van der Waals surface area contributed by atoms with Crippen molar-refractivity contribution in [3.8, 4) is 0 Å². The second-order valence-electron chi connectivity index (χ2n) is 7.78. The third kappa shape index (κ3) is 8.09. The minimum atomic E-state index is -0.656. The SMILES string of the molecule is COC(=O)CSCCCS[C@H]1C(=O)C[C@@H](O)[C@@H]1/C=C/[C@@H](O)CC1CCCCC1. The third-order valence-corrected chi connectivity index (χ3v) is 8.03. The van der Waals surface area contributed by atoms with E-state index in [1.807, 2.05) is 6.08 Å².